The Bertz CT molecular complexity index is 517. The van der Waals surface area contributed by atoms with E-state index in [1.807, 2.05) is 0 Å². The summed E-state index contributed by atoms with van der Waals surface area (Å²) in [5.41, 5.74) is 7.47. The van der Waals surface area contributed by atoms with Crippen LogP contribution in [0.2, 0.25) is 0 Å². The summed E-state index contributed by atoms with van der Waals surface area (Å²) in [4.78, 5) is 13.2. The fourth-order valence-electron chi connectivity index (χ4n) is 1.27. The van der Waals surface area contributed by atoms with Gasteiger partial charge in [-0.25, -0.2) is 0 Å². The molecule has 0 aliphatic heterocycles. The van der Waals surface area contributed by atoms with Gasteiger partial charge in [0.15, 0.2) is 6.29 Å². The second kappa shape index (κ2) is 5.88. The molecule has 1 aromatic carbocycles. The Morgan fingerprint density at radius 2 is 2.06 bits per heavy atom. The van der Waals surface area contributed by atoms with E-state index in [4.69, 9.17) is 5.53 Å². The molecule has 0 aliphatic rings. The van der Waals surface area contributed by atoms with Crippen molar-refractivity contribution in [3.05, 3.63) is 51.4 Å². The van der Waals surface area contributed by atoms with Gasteiger partial charge in [0.05, 0.1) is 5.56 Å². The third-order valence-electron chi connectivity index (χ3n) is 2.09. The normalized spacial score (nSPS) is 11.3. The lowest BCUT2D eigenvalue weighted by molar-refractivity contribution is -0.137. The van der Waals surface area contributed by atoms with Crippen molar-refractivity contribution in [2.24, 2.45) is 5.11 Å². The van der Waals surface area contributed by atoms with E-state index in [2.05, 4.69) is 10.0 Å². The maximum Gasteiger partial charge on any atom is 0.416 e. The van der Waals surface area contributed by atoms with Crippen molar-refractivity contribution in [3.8, 4) is 0 Å². The van der Waals surface area contributed by atoms with Crippen molar-refractivity contribution in [3.63, 3.8) is 0 Å². The molecule has 0 saturated heterocycles. The Labute approximate surface area is 100 Å². The molecule has 0 amide bonds. The average molecular weight is 255 g/mol. The highest BCUT2D eigenvalue weighted by Crippen LogP contribution is 2.30. The maximum atomic E-state index is 12.5. The fourth-order valence-corrected chi connectivity index (χ4v) is 1.27. The molecular weight excluding hydrogens is 247 g/mol. The first-order valence-electron chi connectivity index (χ1n) is 4.83. The quantitative estimate of drug-likeness (QED) is 0.349. The highest BCUT2D eigenvalue weighted by atomic mass is 19.4. The third-order valence-corrected chi connectivity index (χ3v) is 2.09. The largest absolute Gasteiger partial charge is 0.416 e. The molecule has 4 nitrogen and oxygen atoms in total. The minimum atomic E-state index is -4.46. The van der Waals surface area contributed by atoms with Gasteiger partial charge in [-0.05, 0) is 23.2 Å². The molecule has 0 radical (unpaired) electrons. The van der Waals surface area contributed by atoms with Gasteiger partial charge in [0.25, 0.3) is 0 Å². The number of benzene rings is 1. The average Bonchev–Trinajstić information content (AvgIpc) is 2.33. The van der Waals surface area contributed by atoms with E-state index in [0.717, 1.165) is 18.2 Å². The van der Waals surface area contributed by atoms with Crippen LogP contribution >= 0.6 is 0 Å². The predicted octanol–water partition coefficient (Wildman–Crippen LogP) is 3.84. The summed E-state index contributed by atoms with van der Waals surface area (Å²) in [5.74, 6) is 0. The second-order valence-electron chi connectivity index (χ2n) is 3.28. The van der Waals surface area contributed by atoms with E-state index in [-0.39, 0.29) is 17.7 Å². The van der Waals surface area contributed by atoms with Crippen LogP contribution in [0.1, 0.15) is 21.5 Å². The summed E-state index contributed by atoms with van der Waals surface area (Å²) in [7, 11) is 0. The molecular formula is C11H8F3N3O. The Morgan fingerprint density at radius 1 is 1.33 bits per heavy atom. The van der Waals surface area contributed by atoms with Gasteiger partial charge in [-0.15, -0.1) is 0 Å². The zero-order chi connectivity index (χ0) is 13.6. The minimum Gasteiger partial charge on any atom is -0.298 e. The highest BCUT2D eigenvalue weighted by molar-refractivity contribution is 5.82. The van der Waals surface area contributed by atoms with E-state index in [0.29, 0.717) is 6.29 Å². The first-order chi connectivity index (χ1) is 8.49. The molecule has 0 heterocycles. The van der Waals surface area contributed by atoms with Crippen LogP contribution in [0.15, 0.2) is 29.4 Å². The van der Waals surface area contributed by atoms with Crippen LogP contribution in [0.5, 0.6) is 0 Å². The fraction of sp³-hybridized carbons (Fsp3) is 0.182. The monoisotopic (exact) mass is 255 g/mol. The number of halogens is 3. The molecule has 0 bridgehead atoms. The zero-order valence-electron chi connectivity index (χ0n) is 9.05. The summed E-state index contributed by atoms with van der Waals surface area (Å²) < 4.78 is 37.4. The number of hydrogen-bond donors (Lipinski definition) is 0. The number of carbonyl (C=O) groups excluding carboxylic acids is 1. The number of azide groups is 1. The molecule has 94 valence electrons. The Morgan fingerprint density at radius 3 is 2.61 bits per heavy atom. The summed E-state index contributed by atoms with van der Waals surface area (Å²) in [5, 5.41) is 3.20. The lowest BCUT2D eigenvalue weighted by Gasteiger charge is -2.08. The lowest BCUT2D eigenvalue weighted by atomic mass is 10.0. The zero-order valence-corrected chi connectivity index (χ0v) is 9.05. The van der Waals surface area contributed by atoms with Gasteiger partial charge in [-0.1, -0.05) is 23.3 Å². The van der Waals surface area contributed by atoms with Crippen LogP contribution in [0.4, 0.5) is 13.2 Å². The molecule has 0 spiro atoms. The minimum absolute atomic E-state index is 0.00500. The van der Waals surface area contributed by atoms with Crippen LogP contribution in [0.25, 0.3) is 16.5 Å². The second-order valence-corrected chi connectivity index (χ2v) is 3.28. The molecule has 1 aromatic rings. The standard InChI is InChI=1S/C11H8F3N3O/c12-11(13,14)10-4-3-9(7-18)8(6-10)2-1-5-16-17-15/h1-4,6-7H,5H2. The van der Waals surface area contributed by atoms with E-state index in [1.165, 1.54) is 12.2 Å². The van der Waals surface area contributed by atoms with Crippen molar-refractivity contribution < 1.29 is 18.0 Å². The van der Waals surface area contributed by atoms with Crippen LogP contribution < -0.4 is 0 Å². The van der Waals surface area contributed by atoms with Gasteiger partial charge in [-0.3, -0.25) is 4.79 Å². The topological polar surface area (TPSA) is 65.8 Å². The van der Waals surface area contributed by atoms with Crippen LogP contribution in [0, 0.1) is 0 Å². The van der Waals surface area contributed by atoms with Crippen molar-refractivity contribution in [2.75, 3.05) is 6.54 Å². The number of alkyl halides is 3. The number of carbonyl (C=O) groups is 1. The Kier molecular flexibility index (Phi) is 4.51. The van der Waals surface area contributed by atoms with Gasteiger partial charge in [-0.2, -0.15) is 13.2 Å². The smallest absolute Gasteiger partial charge is 0.298 e. The van der Waals surface area contributed by atoms with Crippen LogP contribution in [0.3, 0.4) is 0 Å². The SMILES string of the molecule is [N-]=[N+]=NCC=Cc1cc(C(F)(F)F)ccc1C=O. The van der Waals surface area contributed by atoms with Gasteiger partial charge < -0.3 is 0 Å². The van der Waals surface area contributed by atoms with E-state index >= 15 is 0 Å². The van der Waals surface area contributed by atoms with E-state index < -0.39 is 11.7 Å². The van der Waals surface area contributed by atoms with Gasteiger partial charge in [0, 0.05) is 17.0 Å². The van der Waals surface area contributed by atoms with Gasteiger partial charge in [0.2, 0.25) is 0 Å². The van der Waals surface area contributed by atoms with Crippen molar-refractivity contribution >= 4 is 12.4 Å². The Hall–Kier alpha value is -2.27. The number of hydrogen-bond acceptors (Lipinski definition) is 2. The summed E-state index contributed by atoms with van der Waals surface area (Å²) in [6.07, 6.45) is -1.31. The number of nitrogens with zero attached hydrogens (tertiary/aromatic N) is 3. The summed E-state index contributed by atoms with van der Waals surface area (Å²) in [6, 6.07) is 2.81. The summed E-state index contributed by atoms with van der Waals surface area (Å²) >= 11 is 0. The van der Waals surface area contributed by atoms with Gasteiger partial charge in [0.1, 0.15) is 0 Å². The molecule has 0 unspecified atom stereocenters. The molecule has 0 aromatic heterocycles. The molecule has 0 atom stereocenters. The van der Waals surface area contributed by atoms with E-state index in [1.54, 1.807) is 0 Å². The van der Waals surface area contributed by atoms with Crippen LogP contribution in [-0.2, 0) is 6.18 Å². The van der Waals surface area contributed by atoms with Crippen molar-refractivity contribution in [2.45, 2.75) is 6.18 Å². The molecule has 0 saturated carbocycles. The number of aldehydes is 1. The van der Waals surface area contributed by atoms with Crippen molar-refractivity contribution in [1.29, 1.82) is 0 Å². The molecule has 18 heavy (non-hydrogen) atoms. The molecule has 7 heteroatoms. The molecule has 0 fully saturated rings. The van der Waals surface area contributed by atoms with Crippen LogP contribution in [-0.4, -0.2) is 12.8 Å². The number of rotatable bonds is 4. The first kappa shape index (κ1) is 13.8. The van der Waals surface area contributed by atoms with E-state index in [9.17, 15) is 18.0 Å². The maximum absolute atomic E-state index is 12.5. The summed E-state index contributed by atoms with van der Waals surface area (Å²) in [6.45, 7) is 0.00500. The first-order valence-corrected chi connectivity index (χ1v) is 4.83. The molecule has 0 aliphatic carbocycles. The van der Waals surface area contributed by atoms with Gasteiger partial charge >= 0.3 is 6.18 Å². The predicted molar refractivity (Wildman–Crippen MR) is 59.9 cm³/mol. The lowest BCUT2D eigenvalue weighted by Crippen LogP contribution is -2.05. The molecule has 1 rings (SSSR count). The Balaban J connectivity index is 3.10. The van der Waals surface area contributed by atoms with Crippen molar-refractivity contribution in [1.82, 2.24) is 0 Å². The molecule has 0 N–H and O–H groups in total. The highest BCUT2D eigenvalue weighted by Gasteiger charge is 2.30. The third kappa shape index (κ3) is 3.64.